The van der Waals surface area contributed by atoms with Crippen LogP contribution >= 0.6 is 11.3 Å². The molecule has 2 aromatic carbocycles. The molecular weight excluding hydrogens is 466 g/mol. The van der Waals surface area contributed by atoms with Crippen LogP contribution in [-0.4, -0.2) is 36.5 Å². The van der Waals surface area contributed by atoms with Crippen LogP contribution in [0.15, 0.2) is 70.6 Å². The average Bonchev–Trinajstić information content (AvgIpc) is 3.48. The van der Waals surface area contributed by atoms with Crippen molar-refractivity contribution in [3.8, 4) is 16.9 Å². The Labute approximate surface area is 206 Å². The van der Waals surface area contributed by atoms with Gasteiger partial charge < -0.3 is 14.6 Å². The number of aliphatic hydroxyl groups is 1. The minimum Gasteiger partial charge on any atom is -0.503 e. The molecule has 1 aliphatic heterocycles. The molecule has 1 N–H and O–H groups in total. The number of thiophene rings is 1. The third-order valence-electron chi connectivity index (χ3n) is 6.61. The van der Waals surface area contributed by atoms with Crippen molar-refractivity contribution in [1.29, 1.82) is 0 Å². The van der Waals surface area contributed by atoms with E-state index in [1.54, 1.807) is 49.4 Å². The highest BCUT2D eigenvalue weighted by Gasteiger charge is 2.54. The number of aliphatic hydroxyl groups excluding tert-OH is 1. The number of carbonyl (C=O) groups is 3. The van der Waals surface area contributed by atoms with Crippen LogP contribution in [0, 0.1) is 0 Å². The van der Waals surface area contributed by atoms with Gasteiger partial charge in [-0.15, -0.1) is 0 Å². The number of methoxy groups -OCH3 is 1. The molecule has 0 bridgehead atoms. The Morgan fingerprint density at radius 2 is 1.83 bits per heavy atom. The van der Waals surface area contributed by atoms with Crippen LogP contribution in [0.3, 0.4) is 0 Å². The fourth-order valence-electron chi connectivity index (χ4n) is 4.77. The van der Waals surface area contributed by atoms with Crippen molar-refractivity contribution in [3.63, 3.8) is 0 Å². The normalized spacial score (nSPS) is 18.4. The summed E-state index contributed by atoms with van der Waals surface area (Å²) in [6.07, 6.45) is 0. The van der Waals surface area contributed by atoms with Gasteiger partial charge in [0.25, 0.3) is 5.91 Å². The van der Waals surface area contributed by atoms with E-state index in [2.05, 4.69) is 0 Å². The van der Waals surface area contributed by atoms with Crippen LogP contribution in [0.2, 0.25) is 0 Å². The summed E-state index contributed by atoms with van der Waals surface area (Å²) in [6.45, 7) is 3.16. The number of nitrogens with zero attached hydrogens (tertiary/aromatic N) is 1. The van der Waals surface area contributed by atoms with Crippen LogP contribution in [-0.2, 0) is 24.5 Å². The molecule has 2 aliphatic rings. The van der Waals surface area contributed by atoms with E-state index in [9.17, 15) is 19.5 Å². The second kappa shape index (κ2) is 8.39. The average molecular weight is 490 g/mol. The van der Waals surface area contributed by atoms with E-state index >= 15 is 0 Å². The van der Waals surface area contributed by atoms with Gasteiger partial charge in [-0.1, -0.05) is 24.3 Å². The van der Waals surface area contributed by atoms with E-state index < -0.39 is 29.1 Å². The van der Waals surface area contributed by atoms with Gasteiger partial charge in [0.05, 0.1) is 24.1 Å². The minimum atomic E-state index is -1.02. The van der Waals surface area contributed by atoms with E-state index in [1.165, 1.54) is 12.0 Å². The predicted octanol–water partition coefficient (Wildman–Crippen LogP) is 4.73. The van der Waals surface area contributed by atoms with E-state index in [0.717, 1.165) is 11.1 Å². The fourth-order valence-corrected chi connectivity index (χ4v) is 5.44. The van der Waals surface area contributed by atoms with E-state index in [0.29, 0.717) is 22.6 Å². The molecule has 0 fully saturated rings. The van der Waals surface area contributed by atoms with Gasteiger partial charge in [0, 0.05) is 11.3 Å². The van der Waals surface area contributed by atoms with Gasteiger partial charge in [0.15, 0.2) is 18.1 Å². The summed E-state index contributed by atoms with van der Waals surface area (Å²) in [5.41, 5.74) is 2.83. The molecular formula is C27H23NO6S. The first-order chi connectivity index (χ1) is 16.8. The molecule has 0 saturated carbocycles. The first kappa shape index (κ1) is 22.9. The van der Waals surface area contributed by atoms with E-state index in [1.807, 2.05) is 35.0 Å². The second-order valence-electron chi connectivity index (χ2n) is 8.94. The van der Waals surface area contributed by atoms with Crippen LogP contribution in [0.1, 0.15) is 31.0 Å². The molecule has 7 nitrogen and oxygen atoms in total. The second-order valence-corrected chi connectivity index (χ2v) is 9.72. The van der Waals surface area contributed by atoms with Gasteiger partial charge >= 0.3 is 5.97 Å². The van der Waals surface area contributed by atoms with Crippen molar-refractivity contribution < 1.29 is 29.0 Å². The molecule has 178 valence electrons. The standard InChI is InChI=1S/C27H23NO6S/c1-27(2)18-5-4-6-19(34-13-20(29)33-3)21(18)23-22(25(27)31)24(30)26(32)28(23)17-9-7-15(8-10-17)16-11-12-35-14-16/h4-12,14,23,30H,13H2,1-3H3. The van der Waals surface area contributed by atoms with Crippen LogP contribution in [0.5, 0.6) is 5.75 Å². The van der Waals surface area contributed by atoms with Crippen LogP contribution < -0.4 is 9.64 Å². The maximum Gasteiger partial charge on any atom is 0.343 e. The van der Waals surface area contributed by atoms with Crippen molar-refractivity contribution in [3.05, 3.63) is 81.8 Å². The minimum absolute atomic E-state index is 0.0310. The molecule has 0 radical (unpaired) electrons. The predicted molar refractivity (Wildman–Crippen MR) is 132 cm³/mol. The lowest BCUT2D eigenvalue weighted by atomic mass is 9.67. The molecule has 0 saturated heterocycles. The molecule has 8 heteroatoms. The van der Waals surface area contributed by atoms with Crippen molar-refractivity contribution in [1.82, 2.24) is 0 Å². The van der Waals surface area contributed by atoms with Gasteiger partial charge in [-0.05, 0) is 65.6 Å². The lowest BCUT2D eigenvalue weighted by Crippen LogP contribution is -2.42. The number of rotatable bonds is 5. The zero-order valence-electron chi connectivity index (χ0n) is 19.4. The van der Waals surface area contributed by atoms with Crippen LogP contribution in [0.25, 0.3) is 11.1 Å². The summed E-state index contributed by atoms with van der Waals surface area (Å²) >= 11 is 1.59. The molecule has 3 aromatic rings. The summed E-state index contributed by atoms with van der Waals surface area (Å²) in [7, 11) is 1.27. The summed E-state index contributed by atoms with van der Waals surface area (Å²) in [4.78, 5) is 40.1. The first-order valence-corrected chi connectivity index (χ1v) is 12.0. The SMILES string of the molecule is COC(=O)COc1cccc2c1C1C(=C(O)C(=O)N1c1ccc(-c3ccsc3)cc1)C(=O)C2(C)C. The lowest BCUT2D eigenvalue weighted by Gasteiger charge is -2.39. The molecule has 2 heterocycles. The molecule has 1 amide bonds. The zero-order valence-corrected chi connectivity index (χ0v) is 20.2. The smallest absolute Gasteiger partial charge is 0.343 e. The number of ether oxygens (including phenoxy) is 2. The summed E-state index contributed by atoms with van der Waals surface area (Å²) in [6, 6.07) is 13.7. The lowest BCUT2D eigenvalue weighted by molar-refractivity contribution is -0.143. The van der Waals surface area contributed by atoms with Crippen molar-refractivity contribution in [2.75, 3.05) is 18.6 Å². The summed E-state index contributed by atoms with van der Waals surface area (Å²) < 4.78 is 10.5. The quantitative estimate of drug-likeness (QED) is 0.521. The molecule has 1 unspecified atom stereocenters. The Bertz CT molecular complexity index is 1370. The third-order valence-corrected chi connectivity index (χ3v) is 7.29. The van der Waals surface area contributed by atoms with E-state index in [4.69, 9.17) is 9.47 Å². The molecule has 1 aromatic heterocycles. The van der Waals surface area contributed by atoms with Gasteiger partial charge in [-0.25, -0.2) is 4.79 Å². The number of hydrogen-bond acceptors (Lipinski definition) is 7. The number of anilines is 1. The first-order valence-electron chi connectivity index (χ1n) is 11.0. The number of carbonyl (C=O) groups excluding carboxylic acids is 3. The number of Topliss-reactive ketones (excluding diaryl/α,β-unsaturated/α-hetero) is 1. The Morgan fingerprint density at radius 3 is 2.49 bits per heavy atom. The molecule has 1 aliphatic carbocycles. The highest BCUT2D eigenvalue weighted by molar-refractivity contribution is 7.08. The molecule has 35 heavy (non-hydrogen) atoms. The van der Waals surface area contributed by atoms with Crippen molar-refractivity contribution >= 4 is 34.7 Å². The summed E-state index contributed by atoms with van der Waals surface area (Å²) in [5.74, 6) is -1.77. The Hall–Kier alpha value is -3.91. The maximum absolute atomic E-state index is 13.5. The van der Waals surface area contributed by atoms with Gasteiger partial charge in [-0.2, -0.15) is 11.3 Å². The van der Waals surface area contributed by atoms with E-state index in [-0.39, 0.29) is 18.0 Å². The maximum atomic E-state index is 13.5. The number of benzene rings is 2. The number of amides is 1. The van der Waals surface area contributed by atoms with Gasteiger partial charge in [0.1, 0.15) is 5.75 Å². The molecule has 5 rings (SSSR count). The van der Waals surface area contributed by atoms with Crippen molar-refractivity contribution in [2.45, 2.75) is 25.3 Å². The molecule has 0 spiro atoms. The highest BCUT2D eigenvalue weighted by Crippen LogP contribution is 2.53. The molecule has 1 atom stereocenters. The number of esters is 1. The zero-order chi connectivity index (χ0) is 24.9. The number of ketones is 1. The fraction of sp³-hybridized carbons (Fsp3) is 0.222. The Kier molecular flexibility index (Phi) is 5.48. The number of hydrogen-bond donors (Lipinski definition) is 1. The van der Waals surface area contributed by atoms with Gasteiger partial charge in [-0.3, -0.25) is 14.5 Å². The third kappa shape index (κ3) is 3.52. The topological polar surface area (TPSA) is 93.1 Å². The highest BCUT2D eigenvalue weighted by atomic mass is 32.1. The summed E-state index contributed by atoms with van der Waals surface area (Å²) in [5, 5.41) is 14.9. The largest absolute Gasteiger partial charge is 0.503 e. The Balaban J connectivity index is 1.65. The van der Waals surface area contributed by atoms with Crippen LogP contribution in [0.4, 0.5) is 5.69 Å². The van der Waals surface area contributed by atoms with Crippen molar-refractivity contribution in [2.24, 2.45) is 0 Å². The Morgan fingerprint density at radius 1 is 1.09 bits per heavy atom. The van der Waals surface area contributed by atoms with Gasteiger partial charge in [0.2, 0.25) is 0 Å². The monoisotopic (exact) mass is 489 g/mol. The number of fused-ring (bicyclic) bond motifs is 3.